The fourth-order valence-electron chi connectivity index (χ4n) is 4.15. The Labute approximate surface area is 176 Å². The highest BCUT2D eigenvalue weighted by Crippen LogP contribution is 2.39. The molecule has 0 fully saturated rings. The Bertz CT molecular complexity index is 1070. The molecule has 1 aliphatic rings. The second-order valence-corrected chi connectivity index (χ2v) is 7.87. The van der Waals surface area contributed by atoms with Gasteiger partial charge in [-0.15, -0.1) is 0 Å². The van der Waals surface area contributed by atoms with E-state index in [9.17, 15) is 27.1 Å². The van der Waals surface area contributed by atoms with Gasteiger partial charge in [0.05, 0.1) is 25.4 Å². The highest BCUT2D eigenvalue weighted by molar-refractivity contribution is 5.86. The maximum absolute atomic E-state index is 14.0. The highest BCUT2D eigenvalue weighted by atomic mass is 19.4. The molecule has 31 heavy (non-hydrogen) atoms. The lowest BCUT2D eigenvalue weighted by molar-refractivity contribution is -0.137. The molecule has 1 aliphatic carbocycles. The van der Waals surface area contributed by atoms with Crippen molar-refractivity contribution in [1.82, 2.24) is 4.57 Å². The topological polar surface area (TPSA) is 34.4 Å². The Morgan fingerprint density at radius 1 is 1.03 bits per heavy atom. The number of aliphatic hydroxyl groups is 1. The number of aliphatic hydroxyl groups excluding tert-OH is 1. The molecule has 0 unspecified atom stereocenters. The van der Waals surface area contributed by atoms with Crippen LogP contribution in [0.3, 0.4) is 0 Å². The number of benzene rings is 2. The van der Waals surface area contributed by atoms with Gasteiger partial charge in [-0.1, -0.05) is 18.2 Å². The number of halogens is 5. The van der Waals surface area contributed by atoms with Crippen molar-refractivity contribution in [1.29, 1.82) is 0 Å². The number of aromatic nitrogens is 1. The lowest BCUT2D eigenvalue weighted by atomic mass is 9.92. The number of nitrogens with zero attached hydrogens (tertiary/aromatic N) is 1. The molecule has 0 saturated carbocycles. The zero-order valence-corrected chi connectivity index (χ0v) is 16.7. The first-order chi connectivity index (χ1) is 14.7. The molecule has 0 radical (unpaired) electrons. The molecule has 0 amide bonds. The molecular weight excluding hydrogens is 417 g/mol. The number of rotatable bonds is 6. The Kier molecular flexibility index (Phi) is 5.79. The van der Waals surface area contributed by atoms with E-state index < -0.39 is 17.7 Å². The minimum Gasteiger partial charge on any atom is -0.392 e. The summed E-state index contributed by atoms with van der Waals surface area (Å²) in [5.41, 5.74) is 2.87. The van der Waals surface area contributed by atoms with Crippen LogP contribution in [-0.4, -0.2) is 22.2 Å². The summed E-state index contributed by atoms with van der Waals surface area (Å²) in [5.74, 6) is -2.75. The van der Waals surface area contributed by atoms with E-state index in [0.29, 0.717) is 23.2 Å². The van der Waals surface area contributed by atoms with Gasteiger partial charge in [-0.3, -0.25) is 0 Å². The first-order valence-corrected chi connectivity index (χ1v) is 10.0. The summed E-state index contributed by atoms with van der Waals surface area (Å²) in [6.07, 6.45) is -4.66. The fourth-order valence-corrected chi connectivity index (χ4v) is 4.15. The summed E-state index contributed by atoms with van der Waals surface area (Å²) in [4.78, 5) is 0. The van der Waals surface area contributed by atoms with Crippen LogP contribution in [0, 0.1) is 0 Å². The second kappa shape index (κ2) is 8.24. The van der Waals surface area contributed by atoms with Gasteiger partial charge in [0.2, 0.25) is 0 Å². The van der Waals surface area contributed by atoms with Gasteiger partial charge in [0, 0.05) is 36.0 Å². The lowest BCUT2D eigenvalue weighted by Gasteiger charge is -2.23. The Balaban J connectivity index is 1.49. The van der Waals surface area contributed by atoms with E-state index in [0.717, 1.165) is 28.7 Å². The summed E-state index contributed by atoms with van der Waals surface area (Å²) in [5, 5.41) is 10.1. The van der Waals surface area contributed by atoms with E-state index in [1.807, 2.05) is 10.6 Å². The summed E-state index contributed by atoms with van der Waals surface area (Å²) < 4.78 is 73.7. The summed E-state index contributed by atoms with van der Waals surface area (Å²) in [7, 11) is 0. The van der Waals surface area contributed by atoms with Crippen LogP contribution in [0.2, 0.25) is 0 Å². The Morgan fingerprint density at radius 2 is 1.74 bits per heavy atom. The molecule has 4 rings (SSSR count). The minimum absolute atomic E-state index is 0.159. The lowest BCUT2D eigenvalue weighted by Crippen LogP contribution is -2.26. The molecule has 8 heteroatoms. The second-order valence-electron chi connectivity index (χ2n) is 7.87. The molecule has 1 heterocycles. The van der Waals surface area contributed by atoms with Crippen LogP contribution < -0.4 is 0 Å². The number of fused-ring (bicyclic) bond motifs is 3. The molecule has 0 saturated heterocycles. The molecular formula is C23H22F5NO2. The van der Waals surface area contributed by atoms with Crippen molar-refractivity contribution in [3.8, 4) is 0 Å². The van der Waals surface area contributed by atoms with Crippen molar-refractivity contribution in [3.63, 3.8) is 0 Å². The summed E-state index contributed by atoms with van der Waals surface area (Å²) >= 11 is 0. The van der Waals surface area contributed by atoms with Crippen LogP contribution in [0.1, 0.15) is 34.4 Å². The molecule has 0 atom stereocenters. The minimum atomic E-state index is -4.37. The van der Waals surface area contributed by atoms with Crippen LogP contribution >= 0.6 is 0 Å². The third-order valence-electron chi connectivity index (χ3n) is 5.71. The maximum Gasteiger partial charge on any atom is 0.416 e. The Morgan fingerprint density at radius 3 is 2.42 bits per heavy atom. The van der Waals surface area contributed by atoms with E-state index in [-0.39, 0.29) is 39.1 Å². The van der Waals surface area contributed by atoms with Gasteiger partial charge in [0.25, 0.3) is 5.92 Å². The predicted octanol–water partition coefficient (Wildman–Crippen LogP) is 5.49. The maximum atomic E-state index is 14.0. The van der Waals surface area contributed by atoms with Crippen molar-refractivity contribution < 1.29 is 31.8 Å². The van der Waals surface area contributed by atoms with E-state index >= 15 is 0 Å². The normalized spacial score (nSPS) is 15.9. The van der Waals surface area contributed by atoms with Crippen LogP contribution in [0.15, 0.2) is 42.5 Å². The molecule has 0 bridgehead atoms. The standard InChI is InChI=1S/C23H22F5NO2/c24-22(25)8-7-21-19(12-22)18-11-16(13-30)3-6-20(18)29(21)9-10-31-14-15-1-4-17(5-2-15)23(26,27)28/h1-6,11,30H,7-10,12-14H2. The van der Waals surface area contributed by atoms with Crippen molar-refractivity contribution in [3.05, 3.63) is 70.4 Å². The molecule has 0 spiro atoms. The van der Waals surface area contributed by atoms with Gasteiger partial charge in [-0.2, -0.15) is 13.2 Å². The van der Waals surface area contributed by atoms with Gasteiger partial charge in [-0.25, -0.2) is 8.78 Å². The summed E-state index contributed by atoms with van der Waals surface area (Å²) in [6, 6.07) is 10.2. The highest BCUT2D eigenvalue weighted by Gasteiger charge is 2.37. The predicted molar refractivity (Wildman–Crippen MR) is 106 cm³/mol. The van der Waals surface area contributed by atoms with E-state index in [1.54, 1.807) is 12.1 Å². The van der Waals surface area contributed by atoms with E-state index in [1.165, 1.54) is 12.1 Å². The van der Waals surface area contributed by atoms with Crippen molar-refractivity contribution in [2.24, 2.45) is 0 Å². The van der Waals surface area contributed by atoms with Crippen molar-refractivity contribution >= 4 is 10.9 Å². The quantitative estimate of drug-likeness (QED) is 0.407. The van der Waals surface area contributed by atoms with Crippen LogP contribution in [0.4, 0.5) is 22.0 Å². The number of hydrogen-bond acceptors (Lipinski definition) is 2. The van der Waals surface area contributed by atoms with Crippen LogP contribution in [0.25, 0.3) is 10.9 Å². The average molecular weight is 439 g/mol. The Hall–Kier alpha value is -2.45. The average Bonchev–Trinajstić information content (AvgIpc) is 3.02. The molecule has 1 N–H and O–H groups in total. The van der Waals surface area contributed by atoms with Gasteiger partial charge in [0.1, 0.15) is 0 Å². The van der Waals surface area contributed by atoms with Gasteiger partial charge in [0.15, 0.2) is 0 Å². The zero-order chi connectivity index (χ0) is 22.2. The number of hydrogen-bond donors (Lipinski definition) is 1. The molecule has 166 valence electrons. The number of alkyl halides is 5. The first kappa shape index (κ1) is 21.8. The zero-order valence-electron chi connectivity index (χ0n) is 16.7. The molecule has 0 aliphatic heterocycles. The largest absolute Gasteiger partial charge is 0.416 e. The first-order valence-electron chi connectivity index (χ1n) is 10.0. The van der Waals surface area contributed by atoms with Gasteiger partial charge >= 0.3 is 6.18 Å². The smallest absolute Gasteiger partial charge is 0.392 e. The SMILES string of the molecule is OCc1ccc2c(c1)c1c(n2CCOCc2ccc(C(F)(F)F)cc2)CCC(F)(F)C1. The van der Waals surface area contributed by atoms with Crippen LogP contribution in [-0.2, 0) is 43.5 Å². The third kappa shape index (κ3) is 4.60. The van der Waals surface area contributed by atoms with Crippen molar-refractivity contribution in [2.75, 3.05) is 6.61 Å². The van der Waals surface area contributed by atoms with Crippen molar-refractivity contribution in [2.45, 2.75) is 51.1 Å². The summed E-state index contributed by atoms with van der Waals surface area (Å²) in [6.45, 7) is 0.723. The van der Waals surface area contributed by atoms with Crippen LogP contribution in [0.5, 0.6) is 0 Å². The molecule has 2 aromatic carbocycles. The fraction of sp³-hybridized carbons (Fsp3) is 0.391. The van der Waals surface area contributed by atoms with Gasteiger partial charge < -0.3 is 14.4 Å². The molecule has 1 aromatic heterocycles. The van der Waals surface area contributed by atoms with E-state index in [4.69, 9.17) is 4.74 Å². The van der Waals surface area contributed by atoms with E-state index in [2.05, 4.69) is 0 Å². The van der Waals surface area contributed by atoms with Gasteiger partial charge in [-0.05, 0) is 47.4 Å². The number of ether oxygens (including phenoxy) is 1. The monoisotopic (exact) mass is 439 g/mol. The molecule has 3 aromatic rings. The third-order valence-corrected chi connectivity index (χ3v) is 5.71. The molecule has 3 nitrogen and oxygen atoms in total.